The van der Waals surface area contributed by atoms with E-state index in [4.69, 9.17) is 10.6 Å². The van der Waals surface area contributed by atoms with Crippen molar-refractivity contribution in [3.05, 3.63) is 6.33 Å². The number of rotatable bonds is 3. The van der Waals surface area contributed by atoms with Crippen LogP contribution in [0.2, 0.25) is 0 Å². The van der Waals surface area contributed by atoms with Crippen molar-refractivity contribution >= 4 is 11.6 Å². The molecule has 1 aromatic rings. The predicted octanol–water partition coefficient (Wildman–Crippen LogP) is -0.658. The Kier molecular flexibility index (Phi) is 3.07. The standard InChI is InChI=1S/C9H15N5O2/c1-16-7-8(13-10)11-5-12-9(7)14-3-2-6(15)4-14/h5-6,15H,2-4,10H2,1H3,(H,11,12,13). The fraction of sp³-hybridized carbons (Fsp3) is 0.556. The van der Waals surface area contributed by atoms with E-state index in [0.717, 1.165) is 13.0 Å². The molecule has 1 aliphatic heterocycles. The van der Waals surface area contributed by atoms with E-state index in [-0.39, 0.29) is 6.10 Å². The lowest BCUT2D eigenvalue weighted by Crippen LogP contribution is -2.23. The molecule has 7 nitrogen and oxygen atoms in total. The number of anilines is 2. The second-order valence-corrected chi connectivity index (χ2v) is 3.61. The van der Waals surface area contributed by atoms with Crippen LogP contribution in [-0.4, -0.2) is 41.4 Å². The summed E-state index contributed by atoms with van der Waals surface area (Å²) >= 11 is 0. The van der Waals surface area contributed by atoms with Crippen LogP contribution in [0, 0.1) is 0 Å². The van der Waals surface area contributed by atoms with Gasteiger partial charge in [-0.2, -0.15) is 0 Å². The molecular weight excluding hydrogens is 210 g/mol. The van der Waals surface area contributed by atoms with Gasteiger partial charge in [-0.15, -0.1) is 0 Å². The number of ether oxygens (including phenoxy) is 1. The number of hydrogen-bond acceptors (Lipinski definition) is 7. The van der Waals surface area contributed by atoms with Crippen LogP contribution in [0.3, 0.4) is 0 Å². The zero-order valence-corrected chi connectivity index (χ0v) is 9.05. The Hall–Kier alpha value is -1.60. The largest absolute Gasteiger partial charge is 0.490 e. The molecule has 0 aliphatic carbocycles. The molecule has 16 heavy (non-hydrogen) atoms. The molecule has 0 spiro atoms. The summed E-state index contributed by atoms with van der Waals surface area (Å²) in [5.74, 6) is 6.93. The molecule has 1 aliphatic rings. The normalized spacial score (nSPS) is 19.9. The van der Waals surface area contributed by atoms with Crippen LogP contribution < -0.4 is 20.9 Å². The third-order valence-electron chi connectivity index (χ3n) is 2.59. The van der Waals surface area contributed by atoms with Crippen LogP contribution in [0.4, 0.5) is 11.6 Å². The minimum atomic E-state index is -0.311. The Bertz CT molecular complexity index is 373. The highest BCUT2D eigenvalue weighted by molar-refractivity contribution is 5.64. The number of nitrogens with two attached hydrogens (primary N) is 1. The molecule has 1 fully saturated rings. The van der Waals surface area contributed by atoms with Crippen LogP contribution >= 0.6 is 0 Å². The topological polar surface area (TPSA) is 96.5 Å². The van der Waals surface area contributed by atoms with E-state index in [9.17, 15) is 5.11 Å². The molecule has 2 rings (SSSR count). The number of methoxy groups -OCH3 is 1. The summed E-state index contributed by atoms with van der Waals surface area (Å²) in [5.41, 5.74) is 2.46. The highest BCUT2D eigenvalue weighted by atomic mass is 16.5. The number of nitrogens with one attached hydrogen (secondary N) is 1. The van der Waals surface area contributed by atoms with Crippen molar-refractivity contribution in [2.45, 2.75) is 12.5 Å². The molecule has 0 radical (unpaired) electrons. The maximum Gasteiger partial charge on any atom is 0.205 e. The van der Waals surface area contributed by atoms with Gasteiger partial charge in [0, 0.05) is 13.1 Å². The van der Waals surface area contributed by atoms with Gasteiger partial charge in [-0.25, -0.2) is 15.8 Å². The van der Waals surface area contributed by atoms with Gasteiger partial charge in [-0.3, -0.25) is 0 Å². The van der Waals surface area contributed by atoms with Crippen molar-refractivity contribution in [1.82, 2.24) is 9.97 Å². The Labute approximate surface area is 93.2 Å². The molecule has 1 atom stereocenters. The Morgan fingerprint density at radius 1 is 1.62 bits per heavy atom. The Morgan fingerprint density at radius 3 is 3.00 bits per heavy atom. The van der Waals surface area contributed by atoms with Gasteiger partial charge < -0.3 is 20.2 Å². The number of hydrazine groups is 1. The first-order chi connectivity index (χ1) is 7.76. The van der Waals surface area contributed by atoms with Gasteiger partial charge in [0.2, 0.25) is 5.75 Å². The number of nitrogens with zero attached hydrogens (tertiary/aromatic N) is 3. The zero-order valence-electron chi connectivity index (χ0n) is 9.05. The van der Waals surface area contributed by atoms with Crippen molar-refractivity contribution in [1.29, 1.82) is 0 Å². The minimum Gasteiger partial charge on any atom is -0.490 e. The summed E-state index contributed by atoms with van der Waals surface area (Å²) in [7, 11) is 1.54. The quantitative estimate of drug-likeness (QED) is 0.464. The number of hydrogen-bond donors (Lipinski definition) is 3. The van der Waals surface area contributed by atoms with Crippen LogP contribution in [0.15, 0.2) is 6.33 Å². The van der Waals surface area contributed by atoms with Crippen LogP contribution in [-0.2, 0) is 0 Å². The van der Waals surface area contributed by atoms with E-state index in [2.05, 4.69) is 15.4 Å². The first kappa shape index (κ1) is 10.9. The molecule has 0 bridgehead atoms. The van der Waals surface area contributed by atoms with Gasteiger partial charge in [0.15, 0.2) is 11.6 Å². The van der Waals surface area contributed by atoms with Crippen LogP contribution in [0.1, 0.15) is 6.42 Å². The fourth-order valence-corrected chi connectivity index (χ4v) is 1.81. The van der Waals surface area contributed by atoms with Crippen molar-refractivity contribution in [3.8, 4) is 5.75 Å². The number of aliphatic hydroxyl groups excluding tert-OH is 1. The number of nitrogen functional groups attached to an aromatic ring is 1. The van der Waals surface area contributed by atoms with Crippen molar-refractivity contribution in [3.63, 3.8) is 0 Å². The molecule has 0 saturated carbocycles. The smallest absolute Gasteiger partial charge is 0.205 e. The van der Waals surface area contributed by atoms with Crippen molar-refractivity contribution in [2.75, 3.05) is 30.5 Å². The SMILES string of the molecule is COc1c(NN)ncnc1N1CCC(O)C1. The van der Waals surface area contributed by atoms with Crippen molar-refractivity contribution in [2.24, 2.45) is 5.84 Å². The summed E-state index contributed by atoms with van der Waals surface area (Å²) in [5, 5.41) is 9.48. The van der Waals surface area contributed by atoms with E-state index >= 15 is 0 Å². The summed E-state index contributed by atoms with van der Waals surface area (Å²) in [6.07, 6.45) is 1.84. The summed E-state index contributed by atoms with van der Waals surface area (Å²) in [6.45, 7) is 1.30. The molecule has 4 N–H and O–H groups in total. The van der Waals surface area contributed by atoms with Gasteiger partial charge in [-0.05, 0) is 6.42 Å². The van der Waals surface area contributed by atoms with Crippen molar-refractivity contribution < 1.29 is 9.84 Å². The molecule has 1 aromatic heterocycles. The highest BCUT2D eigenvalue weighted by Gasteiger charge is 2.25. The lowest BCUT2D eigenvalue weighted by Gasteiger charge is -2.20. The monoisotopic (exact) mass is 225 g/mol. The third kappa shape index (κ3) is 1.86. The fourth-order valence-electron chi connectivity index (χ4n) is 1.81. The predicted molar refractivity (Wildman–Crippen MR) is 59.2 cm³/mol. The lowest BCUT2D eigenvalue weighted by molar-refractivity contribution is 0.198. The third-order valence-corrected chi connectivity index (χ3v) is 2.59. The summed E-state index contributed by atoms with van der Waals surface area (Å²) in [4.78, 5) is 10.1. The van der Waals surface area contributed by atoms with E-state index in [1.54, 1.807) is 0 Å². The lowest BCUT2D eigenvalue weighted by atomic mass is 10.3. The number of β-amino-alcohol motifs (C(OH)–C–C–N with tert-alkyl or cyclic N) is 1. The molecule has 2 heterocycles. The maximum absolute atomic E-state index is 9.48. The minimum absolute atomic E-state index is 0.311. The highest BCUT2D eigenvalue weighted by Crippen LogP contribution is 2.32. The van der Waals surface area contributed by atoms with Gasteiger partial charge in [0.1, 0.15) is 6.33 Å². The molecule has 0 aromatic carbocycles. The number of aliphatic hydroxyl groups is 1. The van der Waals surface area contributed by atoms with Gasteiger partial charge in [0.05, 0.1) is 13.2 Å². The molecule has 1 saturated heterocycles. The molecule has 1 unspecified atom stereocenters. The van der Waals surface area contributed by atoms with Crippen LogP contribution in [0.25, 0.3) is 0 Å². The first-order valence-electron chi connectivity index (χ1n) is 5.05. The van der Waals surface area contributed by atoms with Gasteiger partial charge in [0.25, 0.3) is 0 Å². The van der Waals surface area contributed by atoms with Gasteiger partial charge >= 0.3 is 0 Å². The van der Waals surface area contributed by atoms with E-state index < -0.39 is 0 Å². The van der Waals surface area contributed by atoms with E-state index in [1.807, 2.05) is 4.90 Å². The molecule has 0 amide bonds. The second-order valence-electron chi connectivity index (χ2n) is 3.61. The summed E-state index contributed by atoms with van der Waals surface area (Å²) < 4.78 is 5.22. The van der Waals surface area contributed by atoms with Gasteiger partial charge in [-0.1, -0.05) is 0 Å². The second kappa shape index (κ2) is 4.50. The molecule has 88 valence electrons. The average Bonchev–Trinajstić information content (AvgIpc) is 2.74. The number of aromatic nitrogens is 2. The maximum atomic E-state index is 9.48. The van der Waals surface area contributed by atoms with E-state index in [0.29, 0.717) is 23.9 Å². The van der Waals surface area contributed by atoms with Crippen LogP contribution in [0.5, 0.6) is 5.75 Å². The summed E-state index contributed by atoms with van der Waals surface area (Å²) in [6, 6.07) is 0. The first-order valence-corrected chi connectivity index (χ1v) is 5.05. The Balaban J connectivity index is 2.32. The zero-order chi connectivity index (χ0) is 11.5. The molecular formula is C9H15N5O2. The Morgan fingerprint density at radius 2 is 2.44 bits per heavy atom. The van der Waals surface area contributed by atoms with E-state index in [1.165, 1.54) is 13.4 Å². The molecule has 7 heteroatoms. The average molecular weight is 225 g/mol.